The second kappa shape index (κ2) is 5.82. The Labute approximate surface area is 103 Å². The minimum Gasteiger partial charge on any atom is -0.372 e. The summed E-state index contributed by atoms with van der Waals surface area (Å²) in [4.78, 5) is 11.6. The van der Waals surface area contributed by atoms with Crippen LogP contribution in [0.5, 0.6) is 0 Å². The quantitative estimate of drug-likeness (QED) is 0.849. The van der Waals surface area contributed by atoms with E-state index in [1.54, 1.807) is 6.92 Å². The Morgan fingerprint density at radius 1 is 1.35 bits per heavy atom. The fourth-order valence-electron chi connectivity index (χ4n) is 1.55. The molecule has 1 amide bonds. The average Bonchev–Trinajstić information content (AvgIpc) is 2.36. The fraction of sp³-hybridized carbons (Fsp3) is 0.500. The van der Waals surface area contributed by atoms with Gasteiger partial charge in [0, 0.05) is 19.1 Å². The molecule has 0 spiro atoms. The molecule has 1 rings (SSSR count). The van der Waals surface area contributed by atoms with E-state index in [9.17, 15) is 4.79 Å². The number of nitrogens with one attached hydrogen (secondary N) is 1. The summed E-state index contributed by atoms with van der Waals surface area (Å²) >= 11 is 0. The summed E-state index contributed by atoms with van der Waals surface area (Å²) in [6, 6.07) is 10.2. The molecule has 0 radical (unpaired) electrons. The van der Waals surface area contributed by atoms with Gasteiger partial charge in [0.15, 0.2) is 0 Å². The molecule has 0 heterocycles. The van der Waals surface area contributed by atoms with Gasteiger partial charge in [-0.3, -0.25) is 4.79 Å². The van der Waals surface area contributed by atoms with Gasteiger partial charge in [-0.2, -0.15) is 0 Å². The molecule has 0 fully saturated rings. The van der Waals surface area contributed by atoms with Crippen LogP contribution < -0.4 is 5.32 Å². The number of carbonyl (C=O) groups excluding carboxylic acids is 1. The first-order chi connectivity index (χ1) is 7.97. The van der Waals surface area contributed by atoms with Crippen molar-refractivity contribution in [2.24, 2.45) is 0 Å². The summed E-state index contributed by atoms with van der Waals surface area (Å²) in [6.07, 6.45) is -0.401. The van der Waals surface area contributed by atoms with E-state index in [4.69, 9.17) is 4.74 Å². The lowest BCUT2D eigenvalue weighted by molar-refractivity contribution is -0.130. The van der Waals surface area contributed by atoms with Gasteiger partial charge in [-0.15, -0.1) is 0 Å². The minimum absolute atomic E-state index is 0.0727. The zero-order valence-electron chi connectivity index (χ0n) is 11.0. The summed E-state index contributed by atoms with van der Waals surface area (Å²) in [5, 5.41) is 2.91. The van der Waals surface area contributed by atoms with Gasteiger partial charge >= 0.3 is 0 Å². The molecule has 94 valence electrons. The number of ether oxygens (including phenoxy) is 1. The summed E-state index contributed by atoms with van der Waals surface area (Å²) in [6.45, 7) is 6.56. The molecule has 0 aromatic heterocycles. The van der Waals surface area contributed by atoms with E-state index in [1.807, 2.05) is 18.2 Å². The summed E-state index contributed by atoms with van der Waals surface area (Å²) in [5.41, 5.74) is 1.13. The van der Waals surface area contributed by atoms with Gasteiger partial charge < -0.3 is 10.1 Å². The van der Waals surface area contributed by atoms with Crippen LogP contribution in [0.3, 0.4) is 0 Å². The maximum Gasteiger partial charge on any atom is 0.248 e. The van der Waals surface area contributed by atoms with Gasteiger partial charge in [0.2, 0.25) is 5.91 Å². The van der Waals surface area contributed by atoms with Crippen LogP contribution in [0.15, 0.2) is 30.3 Å². The van der Waals surface area contributed by atoms with Crippen LogP contribution in [0, 0.1) is 0 Å². The van der Waals surface area contributed by atoms with E-state index in [1.165, 1.54) is 12.7 Å². The minimum atomic E-state index is -0.401. The maximum atomic E-state index is 11.6. The van der Waals surface area contributed by atoms with E-state index < -0.39 is 6.10 Å². The van der Waals surface area contributed by atoms with Gasteiger partial charge in [-0.25, -0.2) is 0 Å². The molecule has 0 bridgehead atoms. The predicted molar refractivity (Wildman–Crippen MR) is 68.9 cm³/mol. The highest BCUT2D eigenvalue weighted by Gasteiger charge is 2.22. The van der Waals surface area contributed by atoms with Gasteiger partial charge in [0.25, 0.3) is 0 Å². The number of benzene rings is 1. The molecular formula is C14H21NO2. The summed E-state index contributed by atoms with van der Waals surface area (Å²) in [5.74, 6) is -0.0727. The molecule has 0 saturated heterocycles. The number of rotatable bonds is 5. The number of amides is 1. The first-order valence-electron chi connectivity index (χ1n) is 5.83. The summed E-state index contributed by atoms with van der Waals surface area (Å²) < 4.78 is 4.97. The second-order valence-electron chi connectivity index (χ2n) is 4.85. The predicted octanol–water partition coefficient (Wildman–Crippen LogP) is 2.12. The second-order valence-corrected chi connectivity index (χ2v) is 4.85. The molecular weight excluding hydrogens is 214 g/mol. The Hall–Kier alpha value is -1.35. The zero-order chi connectivity index (χ0) is 12.9. The Bertz CT molecular complexity index is 360. The highest BCUT2D eigenvalue weighted by atomic mass is 16.5. The molecule has 1 atom stereocenters. The molecule has 3 nitrogen and oxygen atoms in total. The van der Waals surface area contributed by atoms with Crippen molar-refractivity contribution in [2.45, 2.75) is 32.3 Å². The van der Waals surface area contributed by atoms with Crippen LogP contribution in [0.2, 0.25) is 0 Å². The standard InChI is InChI=1S/C14H21NO2/c1-11(17-4)13(16)15-10-14(2,3)12-8-6-5-7-9-12/h5-9,11H,10H2,1-4H3,(H,15,16). The van der Waals surface area contributed by atoms with Crippen molar-refractivity contribution in [2.75, 3.05) is 13.7 Å². The van der Waals surface area contributed by atoms with Crippen LogP contribution in [0.1, 0.15) is 26.3 Å². The van der Waals surface area contributed by atoms with Gasteiger partial charge in [-0.05, 0) is 12.5 Å². The van der Waals surface area contributed by atoms with Crippen LogP contribution in [-0.2, 0) is 14.9 Å². The average molecular weight is 235 g/mol. The molecule has 1 N–H and O–H groups in total. The Kier molecular flexibility index (Phi) is 4.70. The first-order valence-corrected chi connectivity index (χ1v) is 5.83. The lowest BCUT2D eigenvalue weighted by Crippen LogP contribution is -2.41. The van der Waals surface area contributed by atoms with Crippen LogP contribution in [0.4, 0.5) is 0 Å². The Morgan fingerprint density at radius 3 is 2.47 bits per heavy atom. The molecule has 1 unspecified atom stereocenters. The summed E-state index contributed by atoms with van der Waals surface area (Å²) in [7, 11) is 1.53. The third kappa shape index (κ3) is 3.86. The lowest BCUT2D eigenvalue weighted by Gasteiger charge is -2.26. The Balaban J connectivity index is 2.59. The van der Waals surface area contributed by atoms with E-state index in [0.717, 1.165) is 0 Å². The molecule has 0 aliphatic carbocycles. The number of hydrogen-bond donors (Lipinski definition) is 1. The maximum absolute atomic E-state index is 11.6. The van der Waals surface area contributed by atoms with E-state index in [-0.39, 0.29) is 11.3 Å². The SMILES string of the molecule is COC(C)C(=O)NCC(C)(C)c1ccccc1. The van der Waals surface area contributed by atoms with E-state index >= 15 is 0 Å². The normalized spacial score (nSPS) is 13.2. The molecule has 1 aromatic carbocycles. The lowest BCUT2D eigenvalue weighted by atomic mass is 9.84. The van der Waals surface area contributed by atoms with Gasteiger partial charge in [0.1, 0.15) is 6.10 Å². The van der Waals surface area contributed by atoms with Crippen molar-refractivity contribution in [3.05, 3.63) is 35.9 Å². The molecule has 17 heavy (non-hydrogen) atoms. The van der Waals surface area contributed by atoms with Crippen LogP contribution in [-0.4, -0.2) is 25.7 Å². The molecule has 0 aliphatic heterocycles. The largest absolute Gasteiger partial charge is 0.372 e. The van der Waals surface area contributed by atoms with Crippen molar-refractivity contribution in [1.29, 1.82) is 0 Å². The van der Waals surface area contributed by atoms with Crippen molar-refractivity contribution in [3.63, 3.8) is 0 Å². The molecule has 0 saturated carbocycles. The van der Waals surface area contributed by atoms with Gasteiger partial charge in [0.05, 0.1) is 0 Å². The van der Waals surface area contributed by atoms with Crippen molar-refractivity contribution in [1.82, 2.24) is 5.32 Å². The number of methoxy groups -OCH3 is 1. The smallest absolute Gasteiger partial charge is 0.248 e. The van der Waals surface area contributed by atoms with Gasteiger partial charge in [-0.1, -0.05) is 44.2 Å². The van der Waals surface area contributed by atoms with Crippen LogP contribution in [0.25, 0.3) is 0 Å². The topological polar surface area (TPSA) is 38.3 Å². The third-order valence-electron chi connectivity index (χ3n) is 2.98. The fourth-order valence-corrected chi connectivity index (χ4v) is 1.55. The molecule has 0 aliphatic rings. The highest BCUT2D eigenvalue weighted by Crippen LogP contribution is 2.21. The van der Waals surface area contributed by atoms with E-state index in [2.05, 4.69) is 31.3 Å². The monoisotopic (exact) mass is 235 g/mol. The third-order valence-corrected chi connectivity index (χ3v) is 2.98. The molecule has 3 heteroatoms. The van der Waals surface area contributed by atoms with Crippen molar-refractivity contribution >= 4 is 5.91 Å². The van der Waals surface area contributed by atoms with Crippen LogP contribution >= 0.6 is 0 Å². The first kappa shape index (κ1) is 13.7. The number of carbonyl (C=O) groups is 1. The zero-order valence-corrected chi connectivity index (χ0v) is 11.0. The highest BCUT2D eigenvalue weighted by molar-refractivity contribution is 5.80. The van der Waals surface area contributed by atoms with Crippen molar-refractivity contribution in [3.8, 4) is 0 Å². The molecule has 1 aromatic rings. The van der Waals surface area contributed by atoms with E-state index in [0.29, 0.717) is 6.54 Å². The Morgan fingerprint density at radius 2 is 1.94 bits per heavy atom. The number of hydrogen-bond acceptors (Lipinski definition) is 2. The van der Waals surface area contributed by atoms with Crippen molar-refractivity contribution < 1.29 is 9.53 Å².